The van der Waals surface area contributed by atoms with E-state index in [1.807, 2.05) is 48.5 Å². The number of para-hydroxylation sites is 2. The number of nitrogens with zero attached hydrogens (tertiary/aromatic N) is 1. The molecule has 0 aliphatic rings. The Balaban J connectivity index is 2.45. The first-order valence-corrected chi connectivity index (χ1v) is 6.01. The summed E-state index contributed by atoms with van der Waals surface area (Å²) < 4.78 is 0. The highest BCUT2D eigenvalue weighted by Gasteiger charge is 2.09. The van der Waals surface area contributed by atoms with Gasteiger partial charge in [0.1, 0.15) is 5.78 Å². The average molecular weight is 235 g/mol. The van der Waals surface area contributed by atoms with Crippen LogP contribution in [0.1, 0.15) is 12.5 Å². The lowest BCUT2D eigenvalue weighted by Crippen LogP contribution is -1.99. The van der Waals surface area contributed by atoms with E-state index < -0.39 is 0 Å². The van der Waals surface area contributed by atoms with Crippen LogP contribution < -0.4 is 0 Å². The molecule has 3 aromatic rings. The number of ketones is 1. The highest BCUT2D eigenvalue weighted by atomic mass is 16.1. The van der Waals surface area contributed by atoms with Crippen molar-refractivity contribution >= 4 is 27.6 Å². The number of hydrogen-bond acceptors (Lipinski definition) is 2. The number of Topliss-reactive ketones (excluding diaryl/α,β-unsaturated/α-hetero) is 1. The molecule has 18 heavy (non-hydrogen) atoms. The summed E-state index contributed by atoms with van der Waals surface area (Å²) in [4.78, 5) is 16.1. The molecule has 0 radical (unpaired) electrons. The summed E-state index contributed by atoms with van der Waals surface area (Å²) in [6, 6.07) is 16.0. The van der Waals surface area contributed by atoms with E-state index in [1.165, 1.54) is 0 Å². The third-order valence-electron chi connectivity index (χ3n) is 3.12. The van der Waals surface area contributed by atoms with E-state index in [9.17, 15) is 4.79 Å². The Morgan fingerprint density at radius 2 is 1.44 bits per heavy atom. The number of fused-ring (bicyclic) bond motifs is 2. The second-order valence-electron chi connectivity index (χ2n) is 4.50. The molecule has 0 atom stereocenters. The van der Waals surface area contributed by atoms with Crippen LogP contribution in [0.2, 0.25) is 0 Å². The van der Waals surface area contributed by atoms with Gasteiger partial charge in [0.15, 0.2) is 0 Å². The smallest absolute Gasteiger partial charge is 0.134 e. The molecule has 2 heteroatoms. The van der Waals surface area contributed by atoms with E-state index in [-0.39, 0.29) is 5.78 Å². The molecule has 0 aliphatic carbocycles. The molecule has 88 valence electrons. The second kappa shape index (κ2) is 4.22. The molecule has 0 saturated heterocycles. The molecule has 0 N–H and O–H groups in total. The van der Waals surface area contributed by atoms with Crippen LogP contribution in [0.5, 0.6) is 0 Å². The number of benzene rings is 2. The summed E-state index contributed by atoms with van der Waals surface area (Å²) in [6.07, 6.45) is 0.462. The molecule has 3 rings (SSSR count). The lowest BCUT2D eigenvalue weighted by Gasteiger charge is -2.09. The molecule has 1 aromatic heterocycles. The van der Waals surface area contributed by atoms with Crippen molar-refractivity contribution in [3.05, 3.63) is 54.1 Å². The van der Waals surface area contributed by atoms with Gasteiger partial charge in [0, 0.05) is 17.2 Å². The van der Waals surface area contributed by atoms with Crippen molar-refractivity contribution < 1.29 is 4.79 Å². The highest BCUT2D eigenvalue weighted by Crippen LogP contribution is 2.26. The largest absolute Gasteiger partial charge is 0.300 e. The zero-order valence-corrected chi connectivity index (χ0v) is 10.2. The fourth-order valence-electron chi connectivity index (χ4n) is 2.37. The number of aromatic nitrogens is 1. The SMILES string of the molecule is CC(=O)Cc1c2ccccc2nc2ccccc12. The molecule has 0 amide bonds. The molecule has 0 spiro atoms. The van der Waals surface area contributed by atoms with Crippen LogP contribution in [0, 0.1) is 0 Å². The zero-order chi connectivity index (χ0) is 12.5. The zero-order valence-electron chi connectivity index (χ0n) is 10.2. The molecule has 0 fully saturated rings. The van der Waals surface area contributed by atoms with E-state index in [0.717, 1.165) is 27.4 Å². The van der Waals surface area contributed by atoms with Gasteiger partial charge >= 0.3 is 0 Å². The van der Waals surface area contributed by atoms with Crippen LogP contribution in [0.25, 0.3) is 21.8 Å². The number of carbonyl (C=O) groups excluding carboxylic acids is 1. The van der Waals surface area contributed by atoms with Crippen LogP contribution in [0.15, 0.2) is 48.5 Å². The number of carbonyl (C=O) groups is 1. The molecule has 2 nitrogen and oxygen atoms in total. The number of pyridine rings is 1. The minimum absolute atomic E-state index is 0.177. The third-order valence-corrected chi connectivity index (χ3v) is 3.12. The Labute approximate surface area is 105 Å². The van der Waals surface area contributed by atoms with Gasteiger partial charge in [-0.3, -0.25) is 4.79 Å². The van der Waals surface area contributed by atoms with Crippen molar-refractivity contribution in [2.45, 2.75) is 13.3 Å². The second-order valence-corrected chi connectivity index (χ2v) is 4.50. The maximum absolute atomic E-state index is 11.5. The summed E-state index contributed by atoms with van der Waals surface area (Å²) in [6.45, 7) is 1.63. The molecular formula is C16H13NO. The van der Waals surface area contributed by atoms with Crippen molar-refractivity contribution in [1.82, 2.24) is 4.98 Å². The monoisotopic (exact) mass is 235 g/mol. The third kappa shape index (κ3) is 1.76. The molecule has 0 saturated carbocycles. The summed E-state index contributed by atoms with van der Waals surface area (Å²) in [5.41, 5.74) is 2.99. The quantitative estimate of drug-likeness (QED) is 0.636. The van der Waals surface area contributed by atoms with Crippen LogP contribution in [-0.2, 0) is 11.2 Å². The first-order valence-electron chi connectivity index (χ1n) is 6.01. The number of rotatable bonds is 2. The molecule has 0 unspecified atom stereocenters. The van der Waals surface area contributed by atoms with Crippen molar-refractivity contribution in [3.63, 3.8) is 0 Å². The van der Waals surface area contributed by atoms with Crippen molar-refractivity contribution in [2.24, 2.45) is 0 Å². The van der Waals surface area contributed by atoms with E-state index in [4.69, 9.17) is 0 Å². The standard InChI is InChI=1S/C16H13NO/c1-11(18)10-14-12-6-2-4-8-15(12)17-16-9-5-3-7-13(14)16/h2-9H,10H2,1H3. The topological polar surface area (TPSA) is 30.0 Å². The van der Waals surface area contributed by atoms with Gasteiger partial charge in [0.05, 0.1) is 11.0 Å². The van der Waals surface area contributed by atoms with Gasteiger partial charge in [-0.05, 0) is 24.6 Å². The van der Waals surface area contributed by atoms with Gasteiger partial charge < -0.3 is 0 Å². The van der Waals surface area contributed by atoms with E-state index in [1.54, 1.807) is 6.92 Å². The minimum atomic E-state index is 0.177. The first kappa shape index (κ1) is 10.9. The summed E-state index contributed by atoms with van der Waals surface area (Å²) in [5.74, 6) is 0.177. The minimum Gasteiger partial charge on any atom is -0.300 e. The van der Waals surface area contributed by atoms with Crippen molar-refractivity contribution in [2.75, 3.05) is 0 Å². The van der Waals surface area contributed by atoms with E-state index >= 15 is 0 Å². The maximum Gasteiger partial charge on any atom is 0.134 e. The summed E-state index contributed by atoms with van der Waals surface area (Å²) in [7, 11) is 0. The Hall–Kier alpha value is -2.22. The molecule has 2 aromatic carbocycles. The normalized spacial score (nSPS) is 10.9. The van der Waals surface area contributed by atoms with Crippen LogP contribution >= 0.6 is 0 Å². The lowest BCUT2D eigenvalue weighted by atomic mass is 9.99. The van der Waals surface area contributed by atoms with Crippen LogP contribution in [0.3, 0.4) is 0 Å². The van der Waals surface area contributed by atoms with Crippen molar-refractivity contribution in [1.29, 1.82) is 0 Å². The Morgan fingerprint density at radius 1 is 0.944 bits per heavy atom. The maximum atomic E-state index is 11.5. The first-order chi connectivity index (χ1) is 8.75. The highest BCUT2D eigenvalue weighted by molar-refractivity contribution is 6.00. The van der Waals surface area contributed by atoms with Crippen LogP contribution in [-0.4, -0.2) is 10.8 Å². The molecule has 1 heterocycles. The predicted octanol–water partition coefficient (Wildman–Crippen LogP) is 3.52. The molecule has 0 aliphatic heterocycles. The van der Waals surface area contributed by atoms with Crippen LogP contribution in [0.4, 0.5) is 0 Å². The van der Waals surface area contributed by atoms with E-state index in [2.05, 4.69) is 4.98 Å². The van der Waals surface area contributed by atoms with Gasteiger partial charge in [0.2, 0.25) is 0 Å². The average Bonchev–Trinajstić information content (AvgIpc) is 2.38. The molecular weight excluding hydrogens is 222 g/mol. The van der Waals surface area contributed by atoms with Gasteiger partial charge in [0.25, 0.3) is 0 Å². The summed E-state index contributed by atoms with van der Waals surface area (Å²) in [5, 5.41) is 2.15. The predicted molar refractivity (Wildman–Crippen MR) is 73.6 cm³/mol. The van der Waals surface area contributed by atoms with Gasteiger partial charge in [-0.15, -0.1) is 0 Å². The Morgan fingerprint density at radius 3 is 1.94 bits per heavy atom. The fourth-order valence-corrected chi connectivity index (χ4v) is 2.37. The van der Waals surface area contributed by atoms with Crippen molar-refractivity contribution in [3.8, 4) is 0 Å². The summed E-state index contributed by atoms with van der Waals surface area (Å²) >= 11 is 0. The van der Waals surface area contributed by atoms with E-state index in [0.29, 0.717) is 6.42 Å². The number of hydrogen-bond donors (Lipinski definition) is 0. The van der Waals surface area contributed by atoms with Gasteiger partial charge in [-0.25, -0.2) is 4.98 Å². The van der Waals surface area contributed by atoms with Gasteiger partial charge in [-0.2, -0.15) is 0 Å². The Bertz CT molecular complexity index is 692. The Kier molecular flexibility index (Phi) is 2.56. The van der Waals surface area contributed by atoms with Gasteiger partial charge in [-0.1, -0.05) is 36.4 Å². The lowest BCUT2D eigenvalue weighted by molar-refractivity contribution is -0.116. The molecule has 0 bridgehead atoms. The fraction of sp³-hybridized carbons (Fsp3) is 0.125.